The fourth-order valence-corrected chi connectivity index (χ4v) is 3.73. The topological polar surface area (TPSA) is 32.8 Å². The van der Waals surface area contributed by atoms with Gasteiger partial charge in [-0.1, -0.05) is 15.9 Å². The normalized spacial score (nSPS) is 15.2. The summed E-state index contributed by atoms with van der Waals surface area (Å²) in [5.41, 5.74) is 2.54. The molecule has 1 fully saturated rings. The van der Waals surface area contributed by atoms with E-state index >= 15 is 0 Å². The van der Waals surface area contributed by atoms with Gasteiger partial charge in [0, 0.05) is 48.3 Å². The number of nitrogens with zero attached hydrogens (tertiary/aromatic N) is 2. The lowest BCUT2D eigenvalue weighted by molar-refractivity contribution is 0.0626. The van der Waals surface area contributed by atoms with Crippen molar-refractivity contribution in [3.05, 3.63) is 63.4 Å². The van der Waals surface area contributed by atoms with Gasteiger partial charge in [-0.2, -0.15) is 0 Å². The van der Waals surface area contributed by atoms with E-state index in [1.54, 1.807) is 13.2 Å². The number of ether oxygens (including phenoxy) is 1. The van der Waals surface area contributed by atoms with Gasteiger partial charge in [0.25, 0.3) is 5.91 Å². The van der Waals surface area contributed by atoms with Crippen molar-refractivity contribution in [1.29, 1.82) is 0 Å². The molecule has 0 bridgehead atoms. The van der Waals surface area contributed by atoms with E-state index in [0.29, 0.717) is 25.4 Å². The summed E-state index contributed by atoms with van der Waals surface area (Å²) in [4.78, 5) is 16.9. The third-order valence-corrected chi connectivity index (χ3v) is 5.21. The maximum Gasteiger partial charge on any atom is 0.254 e. The summed E-state index contributed by atoms with van der Waals surface area (Å²) < 4.78 is 19.8. The number of rotatable bonds is 4. The summed E-state index contributed by atoms with van der Waals surface area (Å²) in [5.74, 6) is 0.494. The van der Waals surface area contributed by atoms with Crippen LogP contribution < -0.4 is 4.74 Å². The van der Waals surface area contributed by atoms with E-state index in [1.807, 2.05) is 30.0 Å². The Bertz CT molecular complexity index is 804. The molecule has 0 spiro atoms. The van der Waals surface area contributed by atoms with Crippen LogP contribution >= 0.6 is 15.9 Å². The monoisotopic (exact) mass is 420 g/mol. The summed E-state index contributed by atoms with van der Waals surface area (Å²) in [6.07, 6.45) is 0. The molecule has 6 heteroatoms. The SMILES string of the molecule is COc1ccc(F)cc1CN1CCN(C(=O)c2ccc(Br)cc2C)CC1. The third kappa shape index (κ3) is 4.24. The minimum absolute atomic E-state index is 0.0676. The van der Waals surface area contributed by atoms with E-state index in [0.717, 1.165) is 34.3 Å². The van der Waals surface area contributed by atoms with E-state index in [-0.39, 0.29) is 11.7 Å². The van der Waals surface area contributed by atoms with Crippen molar-refractivity contribution in [3.8, 4) is 5.75 Å². The second kappa shape index (κ2) is 8.18. The number of halogens is 2. The highest BCUT2D eigenvalue weighted by molar-refractivity contribution is 9.10. The number of methoxy groups -OCH3 is 1. The molecule has 0 aromatic heterocycles. The van der Waals surface area contributed by atoms with Gasteiger partial charge in [0.2, 0.25) is 0 Å². The molecule has 0 radical (unpaired) electrons. The zero-order chi connectivity index (χ0) is 18.7. The summed E-state index contributed by atoms with van der Waals surface area (Å²) in [6.45, 7) is 5.38. The highest BCUT2D eigenvalue weighted by atomic mass is 79.9. The summed E-state index contributed by atoms with van der Waals surface area (Å²) >= 11 is 3.43. The molecule has 1 saturated heterocycles. The van der Waals surface area contributed by atoms with Gasteiger partial charge in [-0.15, -0.1) is 0 Å². The lowest BCUT2D eigenvalue weighted by atomic mass is 10.1. The number of carbonyl (C=O) groups excluding carboxylic acids is 1. The van der Waals surface area contributed by atoms with Gasteiger partial charge in [-0.05, 0) is 48.9 Å². The molecule has 1 amide bonds. The maximum atomic E-state index is 13.5. The predicted octanol–water partition coefficient (Wildman–Crippen LogP) is 3.86. The first-order valence-electron chi connectivity index (χ1n) is 8.58. The zero-order valence-corrected chi connectivity index (χ0v) is 16.6. The molecule has 26 heavy (non-hydrogen) atoms. The van der Waals surface area contributed by atoms with Gasteiger partial charge in [0.05, 0.1) is 7.11 Å². The standard InChI is InChI=1S/C20H22BrFN2O2/c1-14-11-16(21)3-5-18(14)20(25)24-9-7-23(8-10-24)13-15-12-17(22)4-6-19(15)26-2/h3-6,11-12H,7-10,13H2,1-2H3. The Kier molecular flexibility index (Phi) is 5.94. The molecule has 1 aliphatic rings. The molecule has 1 heterocycles. The summed E-state index contributed by atoms with van der Waals surface area (Å²) in [5, 5.41) is 0. The number of hydrogen-bond donors (Lipinski definition) is 0. The van der Waals surface area contributed by atoms with Gasteiger partial charge in [-0.3, -0.25) is 9.69 Å². The number of amides is 1. The lowest BCUT2D eigenvalue weighted by Gasteiger charge is -2.35. The number of piperazine rings is 1. The minimum Gasteiger partial charge on any atom is -0.496 e. The smallest absolute Gasteiger partial charge is 0.254 e. The van der Waals surface area contributed by atoms with Crippen LogP contribution in [0.1, 0.15) is 21.5 Å². The second-order valence-electron chi connectivity index (χ2n) is 6.48. The molecule has 3 rings (SSSR count). The van der Waals surface area contributed by atoms with Gasteiger partial charge >= 0.3 is 0 Å². The molecule has 0 unspecified atom stereocenters. The number of aryl methyl sites for hydroxylation is 1. The van der Waals surface area contributed by atoms with Crippen LogP contribution in [0.25, 0.3) is 0 Å². The molecular weight excluding hydrogens is 399 g/mol. The van der Waals surface area contributed by atoms with Crippen molar-refractivity contribution in [1.82, 2.24) is 9.80 Å². The van der Waals surface area contributed by atoms with E-state index in [4.69, 9.17) is 4.74 Å². The lowest BCUT2D eigenvalue weighted by Crippen LogP contribution is -2.48. The fraction of sp³-hybridized carbons (Fsp3) is 0.350. The first kappa shape index (κ1) is 18.9. The highest BCUT2D eigenvalue weighted by Gasteiger charge is 2.23. The van der Waals surface area contributed by atoms with Crippen LogP contribution in [0, 0.1) is 12.7 Å². The maximum absolute atomic E-state index is 13.5. The Hall–Kier alpha value is -1.92. The quantitative estimate of drug-likeness (QED) is 0.752. The molecule has 0 atom stereocenters. The molecule has 2 aromatic carbocycles. The second-order valence-corrected chi connectivity index (χ2v) is 7.40. The molecule has 0 saturated carbocycles. The fourth-order valence-electron chi connectivity index (χ4n) is 3.26. The summed E-state index contributed by atoms with van der Waals surface area (Å²) in [7, 11) is 1.59. The van der Waals surface area contributed by atoms with E-state index in [1.165, 1.54) is 12.1 Å². The zero-order valence-electron chi connectivity index (χ0n) is 15.0. The average molecular weight is 421 g/mol. The number of benzene rings is 2. The van der Waals surface area contributed by atoms with E-state index < -0.39 is 0 Å². The molecule has 4 nitrogen and oxygen atoms in total. The molecular formula is C20H22BrFN2O2. The third-order valence-electron chi connectivity index (χ3n) is 4.71. The molecule has 0 N–H and O–H groups in total. The van der Waals surface area contributed by atoms with Crippen LogP contribution in [0.5, 0.6) is 5.75 Å². The van der Waals surface area contributed by atoms with Crippen LogP contribution in [-0.2, 0) is 6.54 Å². The van der Waals surface area contributed by atoms with Gasteiger partial charge in [0.15, 0.2) is 0 Å². The van der Waals surface area contributed by atoms with Gasteiger partial charge in [-0.25, -0.2) is 4.39 Å². The van der Waals surface area contributed by atoms with Crippen LogP contribution in [0.15, 0.2) is 40.9 Å². The molecule has 138 valence electrons. The summed E-state index contributed by atoms with van der Waals surface area (Å²) in [6, 6.07) is 10.3. The Balaban J connectivity index is 1.62. The Labute approximate surface area is 161 Å². The van der Waals surface area contributed by atoms with Crippen LogP contribution in [0.4, 0.5) is 4.39 Å². The van der Waals surface area contributed by atoms with Gasteiger partial charge < -0.3 is 9.64 Å². The Morgan fingerprint density at radius 3 is 2.54 bits per heavy atom. The van der Waals surface area contributed by atoms with Crippen molar-refractivity contribution >= 4 is 21.8 Å². The minimum atomic E-state index is -0.264. The average Bonchev–Trinajstić information content (AvgIpc) is 2.62. The van der Waals surface area contributed by atoms with Crippen molar-refractivity contribution in [2.45, 2.75) is 13.5 Å². The molecule has 0 aliphatic carbocycles. The van der Waals surface area contributed by atoms with Crippen molar-refractivity contribution < 1.29 is 13.9 Å². The van der Waals surface area contributed by atoms with Crippen molar-refractivity contribution in [2.75, 3.05) is 33.3 Å². The van der Waals surface area contributed by atoms with Gasteiger partial charge in [0.1, 0.15) is 11.6 Å². The van der Waals surface area contributed by atoms with Crippen molar-refractivity contribution in [2.24, 2.45) is 0 Å². The van der Waals surface area contributed by atoms with Crippen LogP contribution in [0.2, 0.25) is 0 Å². The number of carbonyl (C=O) groups is 1. The van der Waals surface area contributed by atoms with Crippen LogP contribution in [0.3, 0.4) is 0 Å². The Morgan fingerprint density at radius 1 is 1.15 bits per heavy atom. The first-order chi connectivity index (χ1) is 12.5. The van der Waals surface area contributed by atoms with Crippen molar-refractivity contribution in [3.63, 3.8) is 0 Å². The Morgan fingerprint density at radius 2 is 1.88 bits per heavy atom. The van der Waals surface area contributed by atoms with E-state index in [9.17, 15) is 9.18 Å². The largest absolute Gasteiger partial charge is 0.496 e. The molecule has 2 aromatic rings. The number of hydrogen-bond acceptors (Lipinski definition) is 3. The van der Waals surface area contributed by atoms with Crippen LogP contribution in [-0.4, -0.2) is 49.0 Å². The van der Waals surface area contributed by atoms with E-state index in [2.05, 4.69) is 20.8 Å². The predicted molar refractivity (Wildman–Crippen MR) is 103 cm³/mol. The molecule has 1 aliphatic heterocycles. The highest BCUT2D eigenvalue weighted by Crippen LogP contribution is 2.22. The first-order valence-corrected chi connectivity index (χ1v) is 9.37.